The summed E-state index contributed by atoms with van der Waals surface area (Å²) in [4.78, 5) is 0. The summed E-state index contributed by atoms with van der Waals surface area (Å²) in [5.41, 5.74) is 0. The van der Waals surface area contributed by atoms with Crippen LogP contribution in [0.25, 0.3) is 0 Å². The first-order chi connectivity index (χ1) is 3.77. The van der Waals surface area contributed by atoms with Gasteiger partial charge in [0.05, 0.1) is 0 Å². The Balaban J connectivity index is -0.000000245. The Morgan fingerprint density at radius 2 is 1.90 bits per heavy atom. The van der Waals surface area contributed by atoms with Crippen molar-refractivity contribution in [1.29, 1.82) is 0 Å². The zero-order chi connectivity index (χ0) is 6.41. The molecule has 0 aliphatic rings. The molecule has 10 heavy (non-hydrogen) atoms. The summed E-state index contributed by atoms with van der Waals surface area (Å²) in [6, 6.07) is 0. The number of hydrogen-bond acceptors (Lipinski definition) is 3. The Morgan fingerprint density at radius 1 is 1.40 bits per heavy atom. The summed E-state index contributed by atoms with van der Waals surface area (Å²) >= 11 is 2.34. The second kappa shape index (κ2) is 13.0. The maximum Gasteiger partial charge on any atom is 1.00 e. The van der Waals surface area contributed by atoms with Crippen molar-refractivity contribution in [1.82, 2.24) is 0 Å². The van der Waals surface area contributed by atoms with Crippen molar-refractivity contribution < 1.29 is 43.8 Å². The molecule has 0 heterocycles. The number of rotatable bonds is 4. The molecular weight excluding hydrogens is 183 g/mol. The Kier molecular flexibility index (Phi) is 22.8. The average molecular weight is 194 g/mol. The minimum atomic E-state index is -1.60. The van der Waals surface area contributed by atoms with E-state index < -0.39 is 11.1 Å². The summed E-state index contributed by atoms with van der Waals surface area (Å²) in [7, 11) is 0. The fourth-order valence-electron chi connectivity index (χ4n) is 0.337. The van der Waals surface area contributed by atoms with E-state index in [1.807, 2.05) is 0 Å². The van der Waals surface area contributed by atoms with E-state index in [4.69, 9.17) is 4.55 Å². The van der Waals surface area contributed by atoms with E-state index in [0.29, 0.717) is 5.75 Å². The molecule has 58 valence electrons. The van der Waals surface area contributed by atoms with Gasteiger partial charge in [-0.05, 0) is 18.6 Å². The number of unbranched alkanes of at least 4 members (excludes halogenated alkanes) is 1. The van der Waals surface area contributed by atoms with Crippen molar-refractivity contribution in [2.45, 2.75) is 12.8 Å². The average Bonchev–Trinajstić information content (AvgIpc) is 1.66. The third-order valence-corrected chi connectivity index (χ3v) is 1.68. The van der Waals surface area contributed by atoms with Crippen LogP contribution in [0.3, 0.4) is 0 Å². The Morgan fingerprint density at radius 3 is 2.20 bits per heavy atom. The monoisotopic (exact) mass is 194 g/mol. The molecule has 3 nitrogen and oxygen atoms in total. The molecule has 1 atom stereocenters. The van der Waals surface area contributed by atoms with Crippen molar-refractivity contribution in [3.05, 3.63) is 0 Å². The van der Waals surface area contributed by atoms with Crippen molar-refractivity contribution in [3.8, 4) is 0 Å². The van der Waals surface area contributed by atoms with E-state index >= 15 is 0 Å². The molecule has 0 rings (SSSR count). The van der Waals surface area contributed by atoms with Crippen LogP contribution in [-0.4, -0.2) is 25.7 Å². The van der Waals surface area contributed by atoms with Crippen molar-refractivity contribution in [3.63, 3.8) is 0 Å². The quantitative estimate of drug-likeness (QED) is 0.230. The standard InChI is InChI=1S/C4H10O2S2.Na.H2O/c5-8(6)4-2-1-3-7;;/h7H,1-4H2,(H,5,6);;1H2/q;+1;/p-1. The predicted molar refractivity (Wildman–Crippen MR) is 40.7 cm³/mol. The molecule has 2 N–H and O–H groups in total. The summed E-state index contributed by atoms with van der Waals surface area (Å²) in [6.45, 7) is 0. The Hall–Kier alpha value is 1.42. The molecule has 0 aromatic heterocycles. The smallest absolute Gasteiger partial charge is 0.870 e. The summed E-state index contributed by atoms with van der Waals surface area (Å²) in [5.74, 6) is 1.19. The van der Waals surface area contributed by atoms with Gasteiger partial charge < -0.3 is 10.0 Å². The molecule has 0 aliphatic carbocycles. The third-order valence-electron chi connectivity index (χ3n) is 0.727. The molecule has 0 radical (unpaired) electrons. The molecular formula is C4H11NaO3S2. The van der Waals surface area contributed by atoms with Gasteiger partial charge in [-0.2, -0.15) is 12.6 Å². The van der Waals surface area contributed by atoms with Crippen molar-refractivity contribution in [2.75, 3.05) is 11.5 Å². The van der Waals surface area contributed by atoms with Gasteiger partial charge in [0, 0.05) is 5.75 Å². The van der Waals surface area contributed by atoms with Gasteiger partial charge in [-0.25, -0.2) is 4.21 Å². The molecule has 0 bridgehead atoms. The largest absolute Gasteiger partial charge is 1.00 e. The molecule has 0 amide bonds. The van der Waals surface area contributed by atoms with Crippen molar-refractivity contribution >= 4 is 23.7 Å². The fraction of sp³-hybridized carbons (Fsp3) is 1.00. The Bertz CT molecular complexity index is 80.9. The second-order valence-electron chi connectivity index (χ2n) is 1.46. The van der Waals surface area contributed by atoms with Crippen LogP contribution < -0.4 is 29.6 Å². The Labute approximate surface area is 91.3 Å². The molecule has 0 aliphatic heterocycles. The van der Waals surface area contributed by atoms with Crippen LogP contribution in [-0.2, 0) is 11.1 Å². The number of thiol groups is 1. The van der Waals surface area contributed by atoms with E-state index in [9.17, 15) is 4.21 Å². The minimum Gasteiger partial charge on any atom is -0.870 e. The summed E-state index contributed by atoms with van der Waals surface area (Å²) in [6.07, 6.45) is 1.72. The number of hydrogen-bond donors (Lipinski definition) is 2. The van der Waals surface area contributed by atoms with Crippen LogP contribution in [0.15, 0.2) is 0 Å². The van der Waals surface area contributed by atoms with Crippen LogP contribution in [0.5, 0.6) is 0 Å². The first-order valence-electron chi connectivity index (χ1n) is 2.45. The van der Waals surface area contributed by atoms with Crippen molar-refractivity contribution in [2.24, 2.45) is 0 Å². The van der Waals surface area contributed by atoms with Gasteiger partial charge in [0.25, 0.3) is 0 Å². The summed E-state index contributed by atoms with van der Waals surface area (Å²) in [5, 5.41) is 0. The second-order valence-corrected chi connectivity index (χ2v) is 2.95. The predicted octanol–water partition coefficient (Wildman–Crippen LogP) is -2.25. The topological polar surface area (TPSA) is 67.3 Å². The van der Waals surface area contributed by atoms with Crippen LogP contribution in [0.1, 0.15) is 12.8 Å². The third kappa shape index (κ3) is 16.2. The van der Waals surface area contributed by atoms with E-state index in [0.717, 1.165) is 18.6 Å². The molecule has 0 aromatic carbocycles. The van der Waals surface area contributed by atoms with Gasteiger partial charge >= 0.3 is 29.6 Å². The van der Waals surface area contributed by atoms with E-state index in [-0.39, 0.29) is 35.0 Å². The zero-order valence-electron chi connectivity index (χ0n) is 5.99. The van der Waals surface area contributed by atoms with Crippen LogP contribution in [0.2, 0.25) is 0 Å². The van der Waals surface area contributed by atoms with Gasteiger partial charge in [-0.15, -0.1) is 0 Å². The van der Waals surface area contributed by atoms with Gasteiger partial charge in [0.1, 0.15) is 0 Å². The van der Waals surface area contributed by atoms with E-state index in [1.54, 1.807) is 0 Å². The van der Waals surface area contributed by atoms with Gasteiger partial charge in [-0.3, -0.25) is 0 Å². The molecule has 0 spiro atoms. The normalized spacial score (nSPS) is 11.0. The van der Waals surface area contributed by atoms with E-state index in [1.165, 1.54) is 0 Å². The summed E-state index contributed by atoms with van der Waals surface area (Å²) < 4.78 is 18.2. The van der Waals surface area contributed by atoms with Gasteiger partial charge in [0.15, 0.2) is 11.1 Å². The molecule has 0 saturated heterocycles. The molecule has 6 heteroatoms. The molecule has 1 unspecified atom stereocenters. The molecule has 0 aromatic rings. The van der Waals surface area contributed by atoms with Crippen LogP contribution in [0.4, 0.5) is 0 Å². The minimum absolute atomic E-state index is 0. The molecule has 0 fully saturated rings. The SMILES string of the molecule is O=S(O)CCCCS.[Na+].[OH-]. The first kappa shape index (κ1) is 17.5. The van der Waals surface area contributed by atoms with Crippen LogP contribution in [0, 0.1) is 0 Å². The molecule has 0 saturated carbocycles. The maximum absolute atomic E-state index is 9.96. The maximum atomic E-state index is 9.96. The first-order valence-corrected chi connectivity index (χ1v) is 4.36. The van der Waals surface area contributed by atoms with Crippen LogP contribution >= 0.6 is 12.6 Å². The van der Waals surface area contributed by atoms with E-state index in [2.05, 4.69) is 12.6 Å². The van der Waals surface area contributed by atoms with Gasteiger partial charge in [0.2, 0.25) is 0 Å². The zero-order valence-corrected chi connectivity index (χ0v) is 9.70. The van der Waals surface area contributed by atoms with Gasteiger partial charge in [-0.1, -0.05) is 0 Å². The fourth-order valence-corrected chi connectivity index (χ4v) is 1.01.